The van der Waals surface area contributed by atoms with Gasteiger partial charge in [0.15, 0.2) is 11.5 Å². The van der Waals surface area contributed by atoms with Gasteiger partial charge >= 0.3 is 0 Å². The van der Waals surface area contributed by atoms with Gasteiger partial charge in [0.2, 0.25) is 0 Å². The number of rotatable bonds is 9. The first-order valence-electron chi connectivity index (χ1n) is 12.1. The summed E-state index contributed by atoms with van der Waals surface area (Å²) >= 11 is 0. The first-order chi connectivity index (χ1) is 17.7. The van der Waals surface area contributed by atoms with Crippen LogP contribution in [0.25, 0.3) is 5.76 Å². The highest BCUT2D eigenvalue weighted by Crippen LogP contribution is 2.43. The van der Waals surface area contributed by atoms with Gasteiger partial charge in [0.1, 0.15) is 17.3 Å². The molecule has 1 aromatic heterocycles. The number of hydrogen-bond donors (Lipinski definition) is 1. The van der Waals surface area contributed by atoms with Crippen LogP contribution in [-0.2, 0) is 16.1 Å². The first kappa shape index (κ1) is 26.0. The minimum atomic E-state index is -0.965. The molecular formula is C29H30FNO6. The maximum atomic E-state index is 14.3. The molecule has 7 nitrogen and oxygen atoms in total. The Balaban J connectivity index is 1.81. The van der Waals surface area contributed by atoms with E-state index >= 15 is 0 Å². The number of carbonyl (C=O) groups excluding carboxylic acids is 2. The Hall–Kier alpha value is -4.07. The zero-order valence-corrected chi connectivity index (χ0v) is 21.3. The van der Waals surface area contributed by atoms with Crippen LogP contribution in [0.15, 0.2) is 64.8 Å². The Bertz CT molecular complexity index is 1330. The first-order valence-corrected chi connectivity index (χ1v) is 12.1. The number of hydrogen-bond acceptors (Lipinski definition) is 6. The molecule has 1 amide bonds. The molecule has 0 spiro atoms. The van der Waals surface area contributed by atoms with Crippen LogP contribution in [0.2, 0.25) is 0 Å². The van der Waals surface area contributed by atoms with E-state index in [2.05, 4.69) is 13.8 Å². The number of aryl methyl sites for hydroxylation is 1. The van der Waals surface area contributed by atoms with Gasteiger partial charge in [-0.2, -0.15) is 0 Å². The van der Waals surface area contributed by atoms with Gasteiger partial charge in [-0.15, -0.1) is 0 Å². The molecule has 2 aromatic carbocycles. The Morgan fingerprint density at radius 3 is 2.57 bits per heavy atom. The number of likely N-dealkylation sites (tertiary alicyclic amines) is 1. The summed E-state index contributed by atoms with van der Waals surface area (Å²) in [5, 5.41) is 11.2. The van der Waals surface area contributed by atoms with Crippen molar-refractivity contribution in [2.24, 2.45) is 5.92 Å². The van der Waals surface area contributed by atoms with E-state index < -0.39 is 29.3 Å². The van der Waals surface area contributed by atoms with E-state index in [1.165, 1.54) is 30.4 Å². The van der Waals surface area contributed by atoms with E-state index in [9.17, 15) is 19.1 Å². The lowest BCUT2D eigenvalue weighted by atomic mass is 9.94. The van der Waals surface area contributed by atoms with Crippen LogP contribution < -0.4 is 9.47 Å². The SMILES string of the molecule is COc1cc(C2/C(=C(\O)c3ccc(C)c(F)c3)C(=O)C(=O)N2Cc2ccco2)ccc1OCCC(C)C. The predicted octanol–water partition coefficient (Wildman–Crippen LogP) is 5.78. The second kappa shape index (κ2) is 10.9. The lowest BCUT2D eigenvalue weighted by Gasteiger charge is -2.25. The second-order valence-electron chi connectivity index (χ2n) is 9.41. The quantitative estimate of drug-likeness (QED) is 0.224. The zero-order valence-electron chi connectivity index (χ0n) is 21.3. The van der Waals surface area contributed by atoms with Crippen molar-refractivity contribution in [3.05, 3.63) is 88.6 Å². The molecule has 0 bridgehead atoms. The zero-order chi connectivity index (χ0) is 26.7. The van der Waals surface area contributed by atoms with E-state index in [4.69, 9.17) is 13.9 Å². The van der Waals surface area contributed by atoms with Gasteiger partial charge in [0.05, 0.1) is 38.1 Å². The van der Waals surface area contributed by atoms with E-state index in [0.29, 0.717) is 40.9 Å². The molecule has 1 atom stereocenters. The summed E-state index contributed by atoms with van der Waals surface area (Å²) in [6.07, 6.45) is 2.34. The molecule has 4 rings (SSSR count). The number of nitrogens with zero attached hydrogens (tertiary/aromatic N) is 1. The van der Waals surface area contributed by atoms with Gasteiger partial charge < -0.3 is 23.9 Å². The fraction of sp³-hybridized carbons (Fsp3) is 0.310. The van der Waals surface area contributed by atoms with Gasteiger partial charge in [-0.3, -0.25) is 9.59 Å². The van der Waals surface area contributed by atoms with Gasteiger partial charge in [-0.25, -0.2) is 4.39 Å². The maximum absolute atomic E-state index is 14.3. The molecule has 1 N–H and O–H groups in total. The van der Waals surface area contributed by atoms with E-state index in [-0.39, 0.29) is 17.7 Å². The number of amides is 1. The normalized spacial score (nSPS) is 17.0. The summed E-state index contributed by atoms with van der Waals surface area (Å²) in [5.41, 5.74) is 0.872. The largest absolute Gasteiger partial charge is 0.507 e. The molecule has 0 saturated carbocycles. The number of halogens is 1. The third-order valence-corrected chi connectivity index (χ3v) is 6.35. The number of Topliss-reactive ketones (excluding diaryl/α,β-unsaturated/α-hetero) is 1. The van der Waals surface area contributed by atoms with Gasteiger partial charge in [-0.1, -0.05) is 32.0 Å². The molecule has 37 heavy (non-hydrogen) atoms. The number of ether oxygens (including phenoxy) is 2. The van der Waals surface area contributed by atoms with E-state index in [0.717, 1.165) is 12.5 Å². The highest BCUT2D eigenvalue weighted by atomic mass is 19.1. The van der Waals surface area contributed by atoms with Crippen molar-refractivity contribution in [1.82, 2.24) is 4.90 Å². The molecule has 8 heteroatoms. The topological polar surface area (TPSA) is 89.2 Å². The van der Waals surface area contributed by atoms with Crippen LogP contribution in [0.3, 0.4) is 0 Å². The Labute approximate surface area is 215 Å². The molecule has 1 saturated heterocycles. The fourth-order valence-corrected chi connectivity index (χ4v) is 4.23. The van der Waals surface area contributed by atoms with Crippen molar-refractivity contribution in [2.45, 2.75) is 39.8 Å². The summed E-state index contributed by atoms with van der Waals surface area (Å²) in [6, 6.07) is 11.7. The number of aliphatic hydroxyl groups excluding tert-OH is 1. The van der Waals surface area contributed by atoms with Crippen LogP contribution in [0.5, 0.6) is 11.5 Å². The maximum Gasteiger partial charge on any atom is 0.296 e. The van der Waals surface area contributed by atoms with Crippen LogP contribution in [0, 0.1) is 18.7 Å². The molecule has 1 unspecified atom stereocenters. The second-order valence-corrected chi connectivity index (χ2v) is 9.41. The number of methoxy groups -OCH3 is 1. The lowest BCUT2D eigenvalue weighted by Crippen LogP contribution is -2.29. The molecule has 0 radical (unpaired) electrons. The van der Waals surface area contributed by atoms with Crippen LogP contribution in [0.4, 0.5) is 4.39 Å². The molecule has 194 valence electrons. The summed E-state index contributed by atoms with van der Waals surface area (Å²) < 4.78 is 31.2. The van der Waals surface area contributed by atoms with Crippen molar-refractivity contribution in [3.8, 4) is 11.5 Å². The lowest BCUT2D eigenvalue weighted by molar-refractivity contribution is -0.140. The van der Waals surface area contributed by atoms with Crippen LogP contribution >= 0.6 is 0 Å². The van der Waals surface area contributed by atoms with Crippen LogP contribution in [-0.4, -0.2) is 35.4 Å². The number of carbonyl (C=O) groups is 2. The average Bonchev–Trinajstić information content (AvgIpc) is 3.47. The van der Waals surface area contributed by atoms with Gasteiger partial charge in [0.25, 0.3) is 11.7 Å². The highest BCUT2D eigenvalue weighted by Gasteiger charge is 2.46. The fourth-order valence-electron chi connectivity index (χ4n) is 4.23. The summed E-state index contributed by atoms with van der Waals surface area (Å²) in [5.74, 6) is -0.776. The predicted molar refractivity (Wildman–Crippen MR) is 136 cm³/mol. The third-order valence-electron chi connectivity index (χ3n) is 6.35. The van der Waals surface area contributed by atoms with Gasteiger partial charge in [0, 0.05) is 5.56 Å². The average molecular weight is 508 g/mol. The number of ketones is 1. The third kappa shape index (κ3) is 5.38. The molecule has 1 aliphatic heterocycles. The smallest absolute Gasteiger partial charge is 0.296 e. The van der Waals surface area contributed by atoms with Gasteiger partial charge in [-0.05, 0) is 60.7 Å². The molecule has 1 aliphatic rings. The molecule has 3 aromatic rings. The standard InChI is InChI=1S/C29H30FNO6/c1-17(2)11-13-37-23-10-9-19(15-24(23)35-4)26-25(27(32)20-8-7-18(3)22(30)14-20)28(33)29(34)31(26)16-21-6-5-12-36-21/h5-10,12,14-15,17,26,32H,11,13,16H2,1-4H3/b27-25+. The summed E-state index contributed by atoms with van der Waals surface area (Å²) in [4.78, 5) is 27.7. The van der Waals surface area contributed by atoms with Crippen molar-refractivity contribution in [1.29, 1.82) is 0 Å². The number of benzene rings is 2. The van der Waals surface area contributed by atoms with Crippen LogP contribution in [0.1, 0.15) is 48.8 Å². The Morgan fingerprint density at radius 1 is 1.14 bits per heavy atom. The van der Waals surface area contributed by atoms with Crippen molar-refractivity contribution in [2.75, 3.05) is 13.7 Å². The molecule has 0 aliphatic carbocycles. The Kier molecular flexibility index (Phi) is 7.66. The van der Waals surface area contributed by atoms with Crippen molar-refractivity contribution >= 4 is 17.4 Å². The van der Waals surface area contributed by atoms with Crippen molar-refractivity contribution in [3.63, 3.8) is 0 Å². The summed E-state index contributed by atoms with van der Waals surface area (Å²) in [7, 11) is 1.50. The molecular weight excluding hydrogens is 477 g/mol. The minimum Gasteiger partial charge on any atom is -0.507 e. The molecule has 2 heterocycles. The Morgan fingerprint density at radius 2 is 1.92 bits per heavy atom. The number of furan rings is 1. The number of aliphatic hydroxyl groups is 1. The molecule has 1 fully saturated rings. The highest BCUT2D eigenvalue weighted by molar-refractivity contribution is 6.46. The van der Waals surface area contributed by atoms with E-state index in [1.54, 1.807) is 37.3 Å². The van der Waals surface area contributed by atoms with E-state index in [1.807, 2.05) is 0 Å². The minimum absolute atomic E-state index is 0.00374. The monoisotopic (exact) mass is 507 g/mol. The van der Waals surface area contributed by atoms with Crippen molar-refractivity contribution < 1.29 is 33.0 Å². The summed E-state index contributed by atoms with van der Waals surface area (Å²) in [6.45, 7) is 6.30.